The molecule has 2 rings (SSSR count). The van der Waals surface area contributed by atoms with Crippen molar-refractivity contribution in [1.82, 2.24) is 5.43 Å². The van der Waals surface area contributed by atoms with E-state index in [0.29, 0.717) is 22.1 Å². The van der Waals surface area contributed by atoms with Crippen molar-refractivity contribution in [3.63, 3.8) is 0 Å². The lowest BCUT2D eigenvalue weighted by molar-refractivity contribution is -0.384. The fourth-order valence-corrected chi connectivity index (χ4v) is 3.19. The van der Waals surface area contributed by atoms with Crippen molar-refractivity contribution in [2.45, 2.75) is 31.3 Å². The molecule has 1 N–H and O–H groups in total. The maximum atomic E-state index is 12.0. The van der Waals surface area contributed by atoms with Gasteiger partial charge in [0.25, 0.3) is 5.69 Å². The number of nitro groups is 1. The number of rotatable bonds is 10. The molecule has 2 aromatic carbocycles. The smallest absolute Gasteiger partial charge is 0.269 e. The number of hydrogen-bond donors (Lipinski definition) is 1. The molecule has 30 heavy (non-hydrogen) atoms. The highest BCUT2D eigenvalue weighted by Gasteiger charge is 2.14. The topological polar surface area (TPSA) is 103 Å². The molecule has 160 valence electrons. The predicted molar refractivity (Wildman–Crippen MR) is 118 cm³/mol. The van der Waals surface area contributed by atoms with E-state index in [1.165, 1.54) is 37.2 Å². The minimum atomic E-state index is -0.472. The van der Waals surface area contributed by atoms with Gasteiger partial charge in [-0.25, -0.2) is 5.43 Å². The standard InChI is InChI=1S/C20H22ClN3O5S/c1-4-13(2)29-20-17(21)9-14(10-18(20)28-3)11-22-23-19(25)12-30-16-7-5-15(6-8-16)24(26)27/h5-11,13H,4,12H2,1-3H3,(H,23,25)/b22-11-/t13-/m0/s1. The summed E-state index contributed by atoms with van der Waals surface area (Å²) >= 11 is 7.55. The van der Waals surface area contributed by atoms with Crippen LogP contribution in [0.15, 0.2) is 46.4 Å². The van der Waals surface area contributed by atoms with E-state index in [9.17, 15) is 14.9 Å². The van der Waals surface area contributed by atoms with Crippen molar-refractivity contribution in [2.75, 3.05) is 12.9 Å². The Balaban J connectivity index is 1.93. The molecule has 0 saturated heterocycles. The number of nitrogens with zero attached hydrogens (tertiary/aromatic N) is 2. The van der Waals surface area contributed by atoms with Crippen molar-refractivity contribution in [3.8, 4) is 11.5 Å². The zero-order valence-corrected chi connectivity index (χ0v) is 18.3. The number of carbonyl (C=O) groups is 1. The lowest BCUT2D eigenvalue weighted by Gasteiger charge is -2.17. The van der Waals surface area contributed by atoms with Crippen LogP contribution in [0.4, 0.5) is 5.69 Å². The molecule has 0 radical (unpaired) electrons. The van der Waals surface area contributed by atoms with Crippen LogP contribution in [-0.2, 0) is 4.79 Å². The number of nitro benzene ring substituents is 1. The summed E-state index contributed by atoms with van der Waals surface area (Å²) in [6, 6.07) is 9.36. The zero-order valence-electron chi connectivity index (χ0n) is 16.8. The first kappa shape index (κ1) is 23.5. The Morgan fingerprint density at radius 1 is 1.37 bits per heavy atom. The SMILES string of the molecule is CC[C@H](C)Oc1c(Cl)cc(/C=N\NC(=O)CSc2ccc([N+](=O)[O-])cc2)cc1OC. The number of halogens is 1. The number of ether oxygens (including phenoxy) is 2. The van der Waals surface area contributed by atoms with Gasteiger partial charge in [-0.2, -0.15) is 5.10 Å². The number of methoxy groups -OCH3 is 1. The molecule has 0 aliphatic carbocycles. The van der Waals surface area contributed by atoms with Crippen molar-refractivity contribution in [2.24, 2.45) is 5.10 Å². The molecule has 0 heterocycles. The molecule has 0 spiro atoms. The van der Waals surface area contributed by atoms with Crippen LogP contribution in [-0.4, -0.2) is 36.0 Å². The number of amides is 1. The van der Waals surface area contributed by atoms with Gasteiger partial charge >= 0.3 is 0 Å². The highest BCUT2D eigenvalue weighted by atomic mass is 35.5. The van der Waals surface area contributed by atoms with Crippen LogP contribution >= 0.6 is 23.4 Å². The number of hydrazone groups is 1. The summed E-state index contributed by atoms with van der Waals surface area (Å²) < 4.78 is 11.1. The van der Waals surface area contributed by atoms with Gasteiger partial charge in [0.05, 0.1) is 35.1 Å². The van der Waals surface area contributed by atoms with Crippen LogP contribution in [0.1, 0.15) is 25.8 Å². The summed E-state index contributed by atoms with van der Waals surface area (Å²) in [6.07, 6.45) is 2.27. The Morgan fingerprint density at radius 2 is 2.07 bits per heavy atom. The summed E-state index contributed by atoms with van der Waals surface area (Å²) in [6.45, 7) is 3.95. The van der Waals surface area contributed by atoms with Gasteiger partial charge in [0.1, 0.15) is 0 Å². The second-order valence-electron chi connectivity index (χ2n) is 6.20. The van der Waals surface area contributed by atoms with Gasteiger partial charge in [0, 0.05) is 17.0 Å². The molecule has 0 aromatic heterocycles. The fraction of sp³-hybridized carbons (Fsp3) is 0.300. The van der Waals surface area contributed by atoms with E-state index in [1.807, 2.05) is 13.8 Å². The number of non-ortho nitro benzene ring substituents is 1. The highest BCUT2D eigenvalue weighted by Crippen LogP contribution is 2.37. The van der Waals surface area contributed by atoms with Crippen LogP contribution in [0.3, 0.4) is 0 Å². The van der Waals surface area contributed by atoms with Crippen LogP contribution in [0.5, 0.6) is 11.5 Å². The van der Waals surface area contributed by atoms with Crippen LogP contribution in [0.25, 0.3) is 0 Å². The second kappa shape index (κ2) is 11.4. The van der Waals surface area contributed by atoms with Gasteiger partial charge in [-0.1, -0.05) is 18.5 Å². The Hall–Kier alpha value is -2.78. The van der Waals surface area contributed by atoms with Crippen molar-refractivity contribution in [3.05, 3.63) is 57.1 Å². The van der Waals surface area contributed by atoms with E-state index >= 15 is 0 Å². The second-order valence-corrected chi connectivity index (χ2v) is 7.66. The number of nitrogens with one attached hydrogen (secondary N) is 1. The molecule has 1 amide bonds. The zero-order chi connectivity index (χ0) is 22.1. The Morgan fingerprint density at radius 3 is 2.67 bits per heavy atom. The summed E-state index contributed by atoms with van der Waals surface area (Å²) in [5.41, 5.74) is 3.07. The van der Waals surface area contributed by atoms with Crippen molar-refractivity contribution < 1.29 is 19.2 Å². The molecule has 8 nitrogen and oxygen atoms in total. The molecular formula is C20H22ClN3O5S. The Labute approximate surface area is 183 Å². The summed E-state index contributed by atoms with van der Waals surface area (Å²) in [7, 11) is 1.52. The van der Waals surface area contributed by atoms with Gasteiger partial charge < -0.3 is 9.47 Å². The van der Waals surface area contributed by atoms with Gasteiger partial charge in [-0.05, 0) is 43.2 Å². The summed E-state index contributed by atoms with van der Waals surface area (Å²) in [4.78, 5) is 22.9. The Bertz CT molecular complexity index is 921. The highest BCUT2D eigenvalue weighted by molar-refractivity contribution is 8.00. The van der Waals surface area contributed by atoms with Gasteiger partial charge in [0.2, 0.25) is 5.91 Å². The third-order valence-electron chi connectivity index (χ3n) is 3.97. The first-order valence-corrected chi connectivity index (χ1v) is 10.4. The summed E-state index contributed by atoms with van der Waals surface area (Å²) in [5, 5.41) is 15.0. The lowest BCUT2D eigenvalue weighted by atomic mass is 10.2. The van der Waals surface area contributed by atoms with Crippen LogP contribution in [0, 0.1) is 10.1 Å². The first-order valence-electron chi connectivity index (χ1n) is 9.07. The number of benzene rings is 2. The van der Waals surface area contributed by atoms with Gasteiger partial charge in [0.15, 0.2) is 11.5 Å². The molecule has 10 heteroatoms. The molecular weight excluding hydrogens is 430 g/mol. The van der Waals surface area contributed by atoms with E-state index in [4.69, 9.17) is 21.1 Å². The van der Waals surface area contributed by atoms with E-state index in [-0.39, 0.29) is 23.5 Å². The molecule has 0 aliphatic heterocycles. The molecule has 0 unspecified atom stereocenters. The van der Waals surface area contributed by atoms with Crippen LogP contribution in [0.2, 0.25) is 5.02 Å². The monoisotopic (exact) mass is 451 g/mol. The van der Waals surface area contributed by atoms with Crippen LogP contribution < -0.4 is 14.9 Å². The largest absolute Gasteiger partial charge is 0.493 e. The van der Waals surface area contributed by atoms with Crippen molar-refractivity contribution in [1.29, 1.82) is 0 Å². The lowest BCUT2D eigenvalue weighted by Crippen LogP contribution is -2.19. The third-order valence-corrected chi connectivity index (χ3v) is 5.26. The summed E-state index contributed by atoms with van der Waals surface area (Å²) in [5.74, 6) is 0.740. The molecule has 0 saturated carbocycles. The normalized spacial score (nSPS) is 11.9. The first-order chi connectivity index (χ1) is 14.3. The average molecular weight is 452 g/mol. The average Bonchev–Trinajstić information content (AvgIpc) is 2.73. The van der Waals surface area contributed by atoms with E-state index in [0.717, 1.165) is 11.3 Å². The fourth-order valence-electron chi connectivity index (χ4n) is 2.24. The third kappa shape index (κ3) is 6.93. The van der Waals surface area contributed by atoms with Gasteiger partial charge in [-0.3, -0.25) is 14.9 Å². The minimum Gasteiger partial charge on any atom is -0.493 e. The molecule has 1 atom stereocenters. The molecule has 0 bridgehead atoms. The predicted octanol–water partition coefficient (Wildman–Crippen LogP) is 4.68. The molecule has 0 fully saturated rings. The van der Waals surface area contributed by atoms with Crippen molar-refractivity contribution >= 4 is 41.2 Å². The molecule has 2 aromatic rings. The number of thioether (sulfide) groups is 1. The Kier molecular flexibility index (Phi) is 8.94. The maximum absolute atomic E-state index is 12.0. The van der Waals surface area contributed by atoms with E-state index < -0.39 is 4.92 Å². The number of hydrogen-bond acceptors (Lipinski definition) is 7. The quantitative estimate of drug-likeness (QED) is 0.243. The maximum Gasteiger partial charge on any atom is 0.269 e. The van der Waals surface area contributed by atoms with Gasteiger partial charge in [-0.15, -0.1) is 11.8 Å². The van der Waals surface area contributed by atoms with E-state index in [1.54, 1.807) is 24.3 Å². The molecule has 0 aliphatic rings. The number of carbonyl (C=O) groups excluding carboxylic acids is 1. The minimum absolute atomic E-state index is 0.00283. The van der Waals surface area contributed by atoms with E-state index in [2.05, 4.69) is 10.5 Å².